The van der Waals surface area contributed by atoms with E-state index in [9.17, 15) is 9.59 Å². The van der Waals surface area contributed by atoms with E-state index in [0.29, 0.717) is 25.1 Å². The average Bonchev–Trinajstić information content (AvgIpc) is 2.90. The number of hydrogen-bond donors (Lipinski definition) is 3. The topological polar surface area (TPSA) is 108 Å². The lowest BCUT2D eigenvalue weighted by Crippen LogP contribution is -2.43. The first kappa shape index (κ1) is 11.6. The van der Waals surface area contributed by atoms with Crippen LogP contribution in [0.5, 0.6) is 0 Å². The molecule has 0 aromatic carbocycles. The van der Waals surface area contributed by atoms with E-state index in [1.807, 2.05) is 6.92 Å². The molecule has 0 bridgehead atoms. The van der Waals surface area contributed by atoms with Gasteiger partial charge in [-0.15, -0.1) is 5.10 Å². The largest absolute Gasteiger partial charge is 0.480 e. The van der Waals surface area contributed by atoms with E-state index in [0.717, 1.165) is 6.42 Å². The fraction of sp³-hybridized carbons (Fsp3) is 0.600. The van der Waals surface area contributed by atoms with E-state index in [1.54, 1.807) is 0 Å². The van der Waals surface area contributed by atoms with Gasteiger partial charge in [-0.05, 0) is 19.3 Å². The third-order valence-corrected chi connectivity index (χ3v) is 2.73. The number of rotatable bonds is 5. The molecule has 92 valence electrons. The summed E-state index contributed by atoms with van der Waals surface area (Å²) in [6, 6.07) is 0. The first-order valence-corrected chi connectivity index (χ1v) is 5.54. The lowest BCUT2D eigenvalue weighted by atomic mass is 10.2. The molecule has 17 heavy (non-hydrogen) atoms. The van der Waals surface area contributed by atoms with E-state index in [2.05, 4.69) is 20.5 Å². The van der Waals surface area contributed by atoms with Gasteiger partial charge in [-0.2, -0.15) is 0 Å². The van der Waals surface area contributed by atoms with Crippen LogP contribution in [0.2, 0.25) is 0 Å². The summed E-state index contributed by atoms with van der Waals surface area (Å²) in [6.45, 7) is 1.99. The van der Waals surface area contributed by atoms with E-state index in [1.165, 1.54) is 0 Å². The number of nitrogens with one attached hydrogen (secondary N) is 2. The smallest absolute Gasteiger partial charge is 0.329 e. The summed E-state index contributed by atoms with van der Waals surface area (Å²) in [5.74, 6) is -0.905. The Balaban J connectivity index is 2.02. The second kappa shape index (κ2) is 4.15. The van der Waals surface area contributed by atoms with Crippen molar-refractivity contribution in [3.05, 3.63) is 11.6 Å². The van der Waals surface area contributed by atoms with Gasteiger partial charge in [-0.1, -0.05) is 6.92 Å². The van der Waals surface area contributed by atoms with E-state index in [4.69, 9.17) is 5.11 Å². The van der Waals surface area contributed by atoms with Crippen molar-refractivity contribution >= 4 is 11.9 Å². The van der Waals surface area contributed by atoms with E-state index < -0.39 is 17.4 Å². The van der Waals surface area contributed by atoms with Gasteiger partial charge < -0.3 is 10.4 Å². The highest BCUT2D eigenvalue weighted by Gasteiger charge is 2.52. The van der Waals surface area contributed by atoms with Crippen molar-refractivity contribution in [3.8, 4) is 0 Å². The standard InChI is InChI=1S/C10H14N4O3/c1-2-3-6-11-7(14-13-6)8(15)12-10(4-5-10)9(16)17/h2-5H2,1H3,(H,12,15)(H,16,17)(H,11,13,14). The molecule has 0 spiro atoms. The van der Waals surface area contributed by atoms with Crippen LogP contribution >= 0.6 is 0 Å². The summed E-state index contributed by atoms with van der Waals surface area (Å²) >= 11 is 0. The van der Waals surface area contributed by atoms with Gasteiger partial charge in [0.05, 0.1) is 0 Å². The van der Waals surface area contributed by atoms with Crippen molar-refractivity contribution in [1.82, 2.24) is 20.5 Å². The molecule has 1 heterocycles. The minimum atomic E-state index is -1.09. The number of aryl methyl sites for hydroxylation is 1. The fourth-order valence-corrected chi connectivity index (χ4v) is 1.54. The molecule has 1 amide bonds. The zero-order chi connectivity index (χ0) is 12.5. The Morgan fingerprint density at radius 2 is 2.24 bits per heavy atom. The van der Waals surface area contributed by atoms with Crippen molar-refractivity contribution in [2.24, 2.45) is 0 Å². The second-order valence-electron chi connectivity index (χ2n) is 4.20. The molecule has 3 N–H and O–H groups in total. The van der Waals surface area contributed by atoms with Crippen molar-refractivity contribution < 1.29 is 14.7 Å². The molecule has 1 aromatic heterocycles. The van der Waals surface area contributed by atoms with Gasteiger partial charge in [0.25, 0.3) is 5.91 Å². The first-order valence-electron chi connectivity index (χ1n) is 5.54. The number of aromatic nitrogens is 3. The Kier molecular flexibility index (Phi) is 2.83. The zero-order valence-electron chi connectivity index (χ0n) is 9.49. The van der Waals surface area contributed by atoms with Crippen molar-refractivity contribution in [1.29, 1.82) is 0 Å². The first-order chi connectivity index (χ1) is 8.07. The predicted octanol–water partition coefficient (Wildman–Crippen LogP) is 0.104. The maximum atomic E-state index is 11.7. The summed E-state index contributed by atoms with van der Waals surface area (Å²) in [7, 11) is 0. The van der Waals surface area contributed by atoms with Crippen LogP contribution in [0.1, 0.15) is 42.6 Å². The second-order valence-corrected chi connectivity index (χ2v) is 4.20. The molecule has 0 atom stereocenters. The Morgan fingerprint density at radius 1 is 1.53 bits per heavy atom. The van der Waals surface area contributed by atoms with Crippen molar-refractivity contribution in [2.75, 3.05) is 0 Å². The molecular weight excluding hydrogens is 224 g/mol. The third kappa shape index (κ3) is 2.27. The van der Waals surface area contributed by atoms with Gasteiger partial charge in [0.1, 0.15) is 11.4 Å². The minimum Gasteiger partial charge on any atom is -0.480 e. The number of amides is 1. The fourth-order valence-electron chi connectivity index (χ4n) is 1.54. The molecule has 1 fully saturated rings. The highest BCUT2D eigenvalue weighted by molar-refractivity contribution is 5.96. The molecule has 1 aliphatic rings. The number of carboxylic acid groups (broad SMARTS) is 1. The highest BCUT2D eigenvalue weighted by Crippen LogP contribution is 2.35. The maximum absolute atomic E-state index is 11.7. The van der Waals surface area contributed by atoms with Crippen LogP contribution in [-0.2, 0) is 11.2 Å². The number of aliphatic carboxylic acids is 1. The number of nitrogens with zero attached hydrogens (tertiary/aromatic N) is 2. The zero-order valence-corrected chi connectivity index (χ0v) is 9.49. The van der Waals surface area contributed by atoms with Gasteiger partial charge in [0.2, 0.25) is 5.82 Å². The van der Waals surface area contributed by atoms with Crippen LogP contribution in [0.3, 0.4) is 0 Å². The monoisotopic (exact) mass is 238 g/mol. The van der Waals surface area contributed by atoms with Crippen LogP contribution < -0.4 is 5.32 Å². The molecule has 1 saturated carbocycles. The summed E-state index contributed by atoms with van der Waals surface area (Å²) in [6.07, 6.45) is 2.53. The van der Waals surface area contributed by atoms with Crippen LogP contribution in [-0.4, -0.2) is 37.7 Å². The summed E-state index contributed by atoms with van der Waals surface area (Å²) in [5, 5.41) is 17.8. The molecule has 0 radical (unpaired) electrons. The Morgan fingerprint density at radius 3 is 2.76 bits per heavy atom. The molecule has 1 aliphatic carbocycles. The Bertz CT molecular complexity index is 450. The van der Waals surface area contributed by atoms with Crippen molar-refractivity contribution in [2.45, 2.75) is 38.1 Å². The molecule has 1 aromatic rings. The molecule has 7 nitrogen and oxygen atoms in total. The SMILES string of the molecule is CCCc1nc(C(=O)NC2(C(=O)O)CC2)n[nH]1. The molecular formula is C10H14N4O3. The van der Waals surface area contributed by atoms with Gasteiger partial charge in [-0.25, -0.2) is 9.78 Å². The number of H-pyrrole nitrogens is 1. The Hall–Kier alpha value is -1.92. The van der Waals surface area contributed by atoms with Crippen LogP contribution in [0.4, 0.5) is 0 Å². The van der Waals surface area contributed by atoms with Gasteiger partial charge in [0.15, 0.2) is 0 Å². The number of carbonyl (C=O) groups is 2. The summed E-state index contributed by atoms with van der Waals surface area (Å²) in [5.41, 5.74) is -1.09. The number of hydrogen-bond acceptors (Lipinski definition) is 4. The molecule has 0 aliphatic heterocycles. The van der Waals surface area contributed by atoms with E-state index >= 15 is 0 Å². The molecule has 7 heteroatoms. The highest BCUT2D eigenvalue weighted by atomic mass is 16.4. The minimum absolute atomic E-state index is 0.000903. The van der Waals surface area contributed by atoms with Gasteiger partial charge >= 0.3 is 5.97 Å². The molecule has 0 saturated heterocycles. The van der Waals surface area contributed by atoms with Gasteiger partial charge in [-0.3, -0.25) is 9.89 Å². The number of carbonyl (C=O) groups excluding carboxylic acids is 1. The molecule has 0 unspecified atom stereocenters. The lowest BCUT2D eigenvalue weighted by molar-refractivity contribution is -0.140. The third-order valence-electron chi connectivity index (χ3n) is 2.73. The van der Waals surface area contributed by atoms with E-state index in [-0.39, 0.29) is 5.82 Å². The average molecular weight is 238 g/mol. The summed E-state index contributed by atoms with van der Waals surface area (Å²) < 4.78 is 0. The number of carboxylic acids is 1. The molecule has 2 rings (SSSR count). The quantitative estimate of drug-likeness (QED) is 0.674. The number of aromatic amines is 1. The normalized spacial score (nSPS) is 16.5. The predicted molar refractivity (Wildman–Crippen MR) is 57.4 cm³/mol. The van der Waals surface area contributed by atoms with Gasteiger partial charge in [0, 0.05) is 6.42 Å². The van der Waals surface area contributed by atoms with Crippen LogP contribution in [0.25, 0.3) is 0 Å². The van der Waals surface area contributed by atoms with Crippen LogP contribution in [0.15, 0.2) is 0 Å². The maximum Gasteiger partial charge on any atom is 0.329 e. The Labute approximate surface area is 97.6 Å². The van der Waals surface area contributed by atoms with Crippen LogP contribution in [0, 0.1) is 0 Å². The van der Waals surface area contributed by atoms with Crippen molar-refractivity contribution in [3.63, 3.8) is 0 Å². The lowest BCUT2D eigenvalue weighted by Gasteiger charge is -2.09. The summed E-state index contributed by atoms with van der Waals surface area (Å²) in [4.78, 5) is 26.6.